The lowest BCUT2D eigenvalue weighted by molar-refractivity contribution is 0.114. The van der Waals surface area contributed by atoms with Gasteiger partial charge in [0, 0.05) is 44.1 Å². The number of aryl methyl sites for hydroxylation is 1. The number of hydrogen-bond acceptors (Lipinski definition) is 5. The van der Waals surface area contributed by atoms with Gasteiger partial charge in [0.25, 0.3) is 0 Å². The summed E-state index contributed by atoms with van der Waals surface area (Å²) >= 11 is 1.80. The highest BCUT2D eigenvalue weighted by Crippen LogP contribution is 2.17. The molecule has 1 saturated heterocycles. The average molecular weight is 518 g/mol. The monoisotopic (exact) mass is 518 g/mol. The van der Waals surface area contributed by atoms with Gasteiger partial charge < -0.3 is 19.5 Å². The van der Waals surface area contributed by atoms with Gasteiger partial charge in [0.15, 0.2) is 11.8 Å². The number of aromatic nitrogens is 3. The number of hydrogen-bond donors (Lipinski definition) is 1. The molecular weight excluding hydrogens is 487 g/mol. The van der Waals surface area contributed by atoms with E-state index >= 15 is 0 Å². The number of nitrogens with zero attached hydrogens (tertiary/aromatic N) is 5. The largest absolute Gasteiger partial charge is 0.381 e. The molecule has 0 amide bonds. The molecule has 0 radical (unpaired) electrons. The van der Waals surface area contributed by atoms with E-state index in [9.17, 15) is 0 Å². The molecule has 1 aliphatic rings. The third-order valence-electron chi connectivity index (χ3n) is 4.93. The molecule has 1 fully saturated rings. The number of halogens is 1. The Balaban J connectivity index is 0.00000280. The van der Waals surface area contributed by atoms with Crippen molar-refractivity contribution < 1.29 is 4.74 Å². The van der Waals surface area contributed by atoms with Crippen LogP contribution in [0.1, 0.15) is 29.9 Å². The Morgan fingerprint density at radius 2 is 2.29 bits per heavy atom. The molecular formula is C19H31IN6OS. The number of aliphatic imine (C=N–C) groups is 1. The second-order valence-corrected chi connectivity index (χ2v) is 7.91. The third-order valence-corrected chi connectivity index (χ3v) is 5.87. The van der Waals surface area contributed by atoms with E-state index < -0.39 is 0 Å². The summed E-state index contributed by atoms with van der Waals surface area (Å²) in [5.74, 6) is 3.33. The van der Waals surface area contributed by atoms with E-state index in [1.165, 1.54) is 4.88 Å². The number of nitrogens with one attached hydrogen (secondary N) is 1. The number of rotatable bonds is 8. The summed E-state index contributed by atoms with van der Waals surface area (Å²) in [6, 6.07) is 4.28. The van der Waals surface area contributed by atoms with Crippen molar-refractivity contribution in [2.75, 3.05) is 32.8 Å². The molecule has 0 aliphatic carbocycles. The fourth-order valence-corrected chi connectivity index (χ4v) is 3.91. The van der Waals surface area contributed by atoms with Crippen LogP contribution in [-0.4, -0.2) is 58.5 Å². The SMILES string of the molecule is CCOCC1CCN(C(=NCc2nnc(C)n2C)NCCc2cccs2)C1.I. The number of thiophene rings is 1. The molecule has 9 heteroatoms. The van der Waals surface area contributed by atoms with Crippen LogP contribution in [0, 0.1) is 12.8 Å². The van der Waals surface area contributed by atoms with Crippen LogP contribution in [0.5, 0.6) is 0 Å². The van der Waals surface area contributed by atoms with Crippen molar-refractivity contribution in [2.24, 2.45) is 18.0 Å². The highest BCUT2D eigenvalue weighted by atomic mass is 127. The summed E-state index contributed by atoms with van der Waals surface area (Å²) in [5, 5.41) is 14.0. The minimum atomic E-state index is 0. The zero-order chi connectivity index (χ0) is 19.1. The van der Waals surface area contributed by atoms with Crippen LogP contribution in [0.15, 0.2) is 22.5 Å². The summed E-state index contributed by atoms with van der Waals surface area (Å²) in [4.78, 5) is 8.59. The fourth-order valence-electron chi connectivity index (χ4n) is 3.20. The minimum absolute atomic E-state index is 0. The molecule has 2 aromatic heterocycles. The maximum atomic E-state index is 5.62. The highest BCUT2D eigenvalue weighted by molar-refractivity contribution is 14.0. The van der Waals surface area contributed by atoms with Crippen molar-refractivity contribution in [3.05, 3.63) is 34.0 Å². The summed E-state index contributed by atoms with van der Waals surface area (Å²) in [5.41, 5.74) is 0. The summed E-state index contributed by atoms with van der Waals surface area (Å²) in [6.07, 6.45) is 2.16. The minimum Gasteiger partial charge on any atom is -0.381 e. The van der Waals surface area contributed by atoms with Crippen LogP contribution in [0.2, 0.25) is 0 Å². The molecule has 1 N–H and O–H groups in total. The maximum absolute atomic E-state index is 5.62. The van der Waals surface area contributed by atoms with E-state index in [4.69, 9.17) is 9.73 Å². The van der Waals surface area contributed by atoms with E-state index in [1.807, 2.05) is 18.5 Å². The quantitative estimate of drug-likeness (QED) is 0.331. The predicted octanol–water partition coefficient (Wildman–Crippen LogP) is 2.85. The normalized spacial score (nSPS) is 17.0. The first kappa shape index (κ1) is 23.1. The summed E-state index contributed by atoms with van der Waals surface area (Å²) < 4.78 is 7.61. The van der Waals surface area contributed by atoms with Crippen LogP contribution in [-0.2, 0) is 24.8 Å². The fraction of sp³-hybridized carbons (Fsp3) is 0.632. The van der Waals surface area contributed by atoms with Gasteiger partial charge in [0.05, 0.1) is 6.61 Å². The van der Waals surface area contributed by atoms with E-state index in [-0.39, 0.29) is 24.0 Å². The molecule has 0 bridgehead atoms. The highest BCUT2D eigenvalue weighted by Gasteiger charge is 2.25. The lowest BCUT2D eigenvalue weighted by Gasteiger charge is -2.22. The van der Waals surface area contributed by atoms with Crippen molar-refractivity contribution in [2.45, 2.75) is 33.2 Å². The Kier molecular flexibility index (Phi) is 9.66. The van der Waals surface area contributed by atoms with Gasteiger partial charge in [-0.3, -0.25) is 0 Å². The Hall–Kier alpha value is -1.20. The van der Waals surface area contributed by atoms with Crippen LogP contribution in [0.4, 0.5) is 0 Å². The van der Waals surface area contributed by atoms with Crippen molar-refractivity contribution in [3.8, 4) is 0 Å². The van der Waals surface area contributed by atoms with Gasteiger partial charge in [0.2, 0.25) is 0 Å². The Bertz CT molecular complexity index is 733. The molecule has 156 valence electrons. The smallest absolute Gasteiger partial charge is 0.194 e. The van der Waals surface area contributed by atoms with Crippen LogP contribution in [0.25, 0.3) is 0 Å². The molecule has 1 aliphatic heterocycles. The second-order valence-electron chi connectivity index (χ2n) is 6.88. The lowest BCUT2D eigenvalue weighted by atomic mass is 10.1. The number of ether oxygens (including phenoxy) is 1. The third kappa shape index (κ3) is 6.41. The van der Waals surface area contributed by atoms with Crippen LogP contribution in [0.3, 0.4) is 0 Å². The van der Waals surface area contributed by atoms with Crippen molar-refractivity contribution in [1.29, 1.82) is 0 Å². The van der Waals surface area contributed by atoms with Crippen molar-refractivity contribution in [1.82, 2.24) is 25.0 Å². The number of likely N-dealkylation sites (tertiary alicyclic amines) is 1. The Labute approximate surface area is 188 Å². The number of guanidine groups is 1. The predicted molar refractivity (Wildman–Crippen MR) is 124 cm³/mol. The van der Waals surface area contributed by atoms with Crippen molar-refractivity contribution in [3.63, 3.8) is 0 Å². The van der Waals surface area contributed by atoms with Crippen LogP contribution >= 0.6 is 35.3 Å². The maximum Gasteiger partial charge on any atom is 0.194 e. The molecule has 3 rings (SSSR count). The summed E-state index contributed by atoms with van der Waals surface area (Å²) in [6.45, 7) is 9.03. The van der Waals surface area contributed by atoms with E-state index in [1.54, 1.807) is 11.3 Å². The molecule has 28 heavy (non-hydrogen) atoms. The standard InChI is InChI=1S/C19H30N6OS.HI/c1-4-26-14-16-8-10-25(13-16)19(20-9-7-17-6-5-11-27-17)21-12-18-23-22-15(2)24(18)3;/h5-6,11,16H,4,7-10,12-14H2,1-3H3,(H,20,21);1H. The van der Waals surface area contributed by atoms with Crippen molar-refractivity contribution >= 4 is 41.3 Å². The topological polar surface area (TPSA) is 67.6 Å². The molecule has 7 nitrogen and oxygen atoms in total. The van der Waals surface area contributed by atoms with Gasteiger partial charge in [-0.25, -0.2) is 4.99 Å². The molecule has 0 spiro atoms. The first-order chi connectivity index (χ1) is 13.2. The lowest BCUT2D eigenvalue weighted by Crippen LogP contribution is -2.41. The van der Waals surface area contributed by atoms with Gasteiger partial charge in [-0.1, -0.05) is 6.07 Å². The zero-order valence-corrected chi connectivity index (χ0v) is 20.1. The van der Waals surface area contributed by atoms with Gasteiger partial charge in [-0.05, 0) is 38.1 Å². The Morgan fingerprint density at radius 1 is 1.43 bits per heavy atom. The van der Waals surface area contributed by atoms with Crippen LogP contribution < -0.4 is 5.32 Å². The van der Waals surface area contributed by atoms with Gasteiger partial charge in [-0.15, -0.1) is 45.5 Å². The van der Waals surface area contributed by atoms with Gasteiger partial charge >= 0.3 is 0 Å². The molecule has 0 saturated carbocycles. The molecule has 1 unspecified atom stereocenters. The Morgan fingerprint density at radius 3 is 2.96 bits per heavy atom. The second kappa shape index (κ2) is 11.7. The molecule has 2 aromatic rings. The first-order valence-corrected chi connectivity index (χ1v) is 10.5. The molecule has 3 heterocycles. The molecule has 1 atom stereocenters. The van der Waals surface area contributed by atoms with E-state index in [0.717, 1.165) is 63.3 Å². The first-order valence-electron chi connectivity index (χ1n) is 9.65. The zero-order valence-electron chi connectivity index (χ0n) is 16.9. The average Bonchev–Trinajstić information content (AvgIpc) is 3.41. The summed E-state index contributed by atoms with van der Waals surface area (Å²) in [7, 11) is 1.98. The van der Waals surface area contributed by atoms with Gasteiger partial charge in [0.1, 0.15) is 12.4 Å². The van der Waals surface area contributed by atoms with E-state index in [0.29, 0.717) is 12.5 Å². The van der Waals surface area contributed by atoms with E-state index in [2.05, 4.69) is 44.9 Å². The molecule has 0 aromatic carbocycles. The van der Waals surface area contributed by atoms with Gasteiger partial charge in [-0.2, -0.15) is 0 Å².